The summed E-state index contributed by atoms with van der Waals surface area (Å²) >= 11 is 12.1. The van der Waals surface area contributed by atoms with E-state index in [2.05, 4.69) is 52.3 Å². The lowest BCUT2D eigenvalue weighted by molar-refractivity contribution is 0.281. The first-order chi connectivity index (χ1) is 14.1. The van der Waals surface area contributed by atoms with Crippen LogP contribution in [0.4, 0.5) is 5.69 Å². The zero-order chi connectivity index (χ0) is 20.2. The van der Waals surface area contributed by atoms with Crippen LogP contribution in [0.1, 0.15) is 44.1 Å². The maximum atomic E-state index is 6.18. The first-order valence-electron chi connectivity index (χ1n) is 10.5. The predicted octanol–water partition coefficient (Wildman–Crippen LogP) is 6.75. The van der Waals surface area contributed by atoms with Gasteiger partial charge in [-0.2, -0.15) is 0 Å². The number of rotatable bonds is 4. The lowest BCUT2D eigenvalue weighted by Crippen LogP contribution is -2.42. The van der Waals surface area contributed by atoms with Gasteiger partial charge < -0.3 is 14.8 Å². The zero-order valence-electron chi connectivity index (χ0n) is 16.9. The molecule has 0 saturated heterocycles. The molecule has 0 spiro atoms. The summed E-state index contributed by atoms with van der Waals surface area (Å²) in [4.78, 5) is 2.41. The third kappa shape index (κ3) is 4.76. The van der Waals surface area contributed by atoms with Gasteiger partial charge in [0.05, 0.1) is 0 Å². The summed E-state index contributed by atoms with van der Waals surface area (Å²) in [6, 6.07) is 16.9. The number of nitrogens with one attached hydrogen (secondary N) is 1. The van der Waals surface area contributed by atoms with Gasteiger partial charge >= 0.3 is 0 Å². The van der Waals surface area contributed by atoms with Gasteiger partial charge in [0, 0.05) is 47.4 Å². The number of halogens is 1. The Hall–Kier alpha value is -2.04. The second kappa shape index (κ2) is 9.19. The number of nitrogens with zero attached hydrogens (tertiary/aromatic N) is 2. The second-order valence-electron chi connectivity index (χ2n) is 8.00. The minimum Gasteiger partial charge on any atom is -0.350 e. The monoisotopic (exact) mass is 425 g/mol. The molecule has 3 aromatic rings. The van der Waals surface area contributed by atoms with E-state index in [1.807, 2.05) is 24.3 Å². The van der Waals surface area contributed by atoms with Crippen molar-refractivity contribution in [2.75, 3.05) is 5.32 Å². The van der Waals surface area contributed by atoms with Gasteiger partial charge in [-0.25, -0.2) is 0 Å². The molecule has 1 heterocycles. The molecule has 3 nitrogen and oxygen atoms in total. The van der Waals surface area contributed by atoms with Crippen LogP contribution in [0.5, 0.6) is 0 Å². The molecule has 0 amide bonds. The molecule has 1 N–H and O–H groups in total. The summed E-state index contributed by atoms with van der Waals surface area (Å²) in [5.74, 6) is 0. The van der Waals surface area contributed by atoms with Crippen LogP contribution in [0.3, 0.4) is 0 Å². The van der Waals surface area contributed by atoms with E-state index in [-0.39, 0.29) is 0 Å². The molecule has 1 fully saturated rings. The van der Waals surface area contributed by atoms with Gasteiger partial charge in [0.15, 0.2) is 5.11 Å². The van der Waals surface area contributed by atoms with E-state index in [1.165, 1.54) is 55.0 Å². The number of para-hydroxylation sites is 1. The van der Waals surface area contributed by atoms with Crippen LogP contribution in [-0.2, 0) is 13.6 Å². The van der Waals surface area contributed by atoms with Gasteiger partial charge in [-0.05, 0) is 54.9 Å². The molecule has 4 rings (SSSR count). The number of aryl methyl sites for hydroxylation is 1. The highest BCUT2D eigenvalue weighted by Crippen LogP contribution is 2.28. The average Bonchev–Trinajstić information content (AvgIpc) is 2.87. The molecule has 1 aliphatic rings. The number of hydrogen-bond acceptors (Lipinski definition) is 1. The van der Waals surface area contributed by atoms with Crippen molar-refractivity contribution < 1.29 is 0 Å². The molecule has 2 aromatic carbocycles. The van der Waals surface area contributed by atoms with Crippen molar-refractivity contribution in [3.8, 4) is 0 Å². The first kappa shape index (κ1) is 20.2. The number of aromatic nitrogens is 1. The Labute approximate surface area is 183 Å². The van der Waals surface area contributed by atoms with E-state index in [9.17, 15) is 0 Å². The molecule has 29 heavy (non-hydrogen) atoms. The molecule has 0 aliphatic heterocycles. The lowest BCUT2D eigenvalue weighted by atomic mass is 10.1. The first-order valence-corrected chi connectivity index (χ1v) is 11.3. The van der Waals surface area contributed by atoms with Crippen LogP contribution >= 0.6 is 23.8 Å². The molecule has 0 unspecified atom stereocenters. The molecular formula is C24H28ClN3S. The molecule has 152 valence electrons. The highest BCUT2D eigenvalue weighted by molar-refractivity contribution is 7.80. The van der Waals surface area contributed by atoms with Crippen LogP contribution in [-0.4, -0.2) is 20.6 Å². The standard InChI is InChI=1S/C24H28ClN3S/c1-27-16-18(22-13-6-7-14-23(22)27)17-28(21-11-4-2-3-5-12-21)24(29)26-20-10-8-9-19(25)15-20/h6-10,13-16,21H,2-5,11-12,17H2,1H3,(H,26,29). The van der Waals surface area contributed by atoms with Crippen molar-refractivity contribution in [2.24, 2.45) is 7.05 Å². The molecular weight excluding hydrogens is 398 g/mol. The van der Waals surface area contributed by atoms with Crippen LogP contribution in [0.25, 0.3) is 10.9 Å². The number of hydrogen-bond donors (Lipinski definition) is 1. The molecule has 1 aliphatic carbocycles. The minimum atomic E-state index is 0.468. The maximum Gasteiger partial charge on any atom is 0.173 e. The number of fused-ring (bicyclic) bond motifs is 1. The minimum absolute atomic E-state index is 0.468. The number of thiocarbonyl (C=S) groups is 1. The van der Waals surface area contributed by atoms with Gasteiger partial charge in [0.1, 0.15) is 0 Å². The highest BCUT2D eigenvalue weighted by atomic mass is 35.5. The average molecular weight is 426 g/mol. The van der Waals surface area contributed by atoms with E-state index < -0.39 is 0 Å². The summed E-state index contributed by atoms with van der Waals surface area (Å²) in [6.45, 7) is 0.818. The summed E-state index contributed by atoms with van der Waals surface area (Å²) in [5, 5.41) is 6.25. The number of benzene rings is 2. The Kier molecular flexibility index (Phi) is 6.41. The van der Waals surface area contributed by atoms with Crippen molar-refractivity contribution in [3.05, 3.63) is 65.3 Å². The Morgan fingerprint density at radius 1 is 1.10 bits per heavy atom. The smallest absolute Gasteiger partial charge is 0.173 e. The van der Waals surface area contributed by atoms with E-state index in [0.717, 1.165) is 17.3 Å². The van der Waals surface area contributed by atoms with Crippen molar-refractivity contribution in [1.82, 2.24) is 9.47 Å². The topological polar surface area (TPSA) is 20.2 Å². The van der Waals surface area contributed by atoms with Crippen LogP contribution < -0.4 is 5.32 Å². The van der Waals surface area contributed by atoms with Gasteiger partial charge in [-0.3, -0.25) is 0 Å². The van der Waals surface area contributed by atoms with Crippen molar-refractivity contribution in [1.29, 1.82) is 0 Å². The zero-order valence-corrected chi connectivity index (χ0v) is 18.5. The maximum absolute atomic E-state index is 6.18. The highest BCUT2D eigenvalue weighted by Gasteiger charge is 2.24. The summed E-state index contributed by atoms with van der Waals surface area (Å²) in [5.41, 5.74) is 3.53. The quantitative estimate of drug-likeness (QED) is 0.368. The summed E-state index contributed by atoms with van der Waals surface area (Å²) < 4.78 is 2.21. The molecule has 0 radical (unpaired) electrons. The third-order valence-corrected chi connectivity index (χ3v) is 6.49. The fourth-order valence-corrected chi connectivity index (χ4v) is 4.95. The lowest BCUT2D eigenvalue weighted by Gasteiger charge is -2.33. The van der Waals surface area contributed by atoms with Gasteiger partial charge in [-0.1, -0.05) is 61.5 Å². The molecule has 0 atom stereocenters. The van der Waals surface area contributed by atoms with Crippen LogP contribution in [0, 0.1) is 0 Å². The second-order valence-corrected chi connectivity index (χ2v) is 8.82. The van der Waals surface area contributed by atoms with Crippen molar-refractivity contribution in [2.45, 2.75) is 51.1 Å². The van der Waals surface area contributed by atoms with E-state index in [1.54, 1.807) is 0 Å². The van der Waals surface area contributed by atoms with Crippen LogP contribution in [0.15, 0.2) is 54.7 Å². The van der Waals surface area contributed by atoms with E-state index >= 15 is 0 Å². The van der Waals surface area contributed by atoms with E-state index in [4.69, 9.17) is 23.8 Å². The molecule has 0 bridgehead atoms. The summed E-state index contributed by atoms with van der Waals surface area (Å²) in [6.07, 6.45) is 9.84. The molecule has 1 aromatic heterocycles. The third-order valence-electron chi connectivity index (χ3n) is 5.92. The summed E-state index contributed by atoms with van der Waals surface area (Å²) in [7, 11) is 2.12. The predicted molar refractivity (Wildman–Crippen MR) is 128 cm³/mol. The Bertz CT molecular complexity index is 989. The molecule has 5 heteroatoms. The Balaban J connectivity index is 1.63. The SMILES string of the molecule is Cn1cc(CN(C(=S)Nc2cccc(Cl)c2)C2CCCCCC2)c2ccccc21. The van der Waals surface area contributed by atoms with E-state index in [0.29, 0.717) is 11.1 Å². The normalized spacial score (nSPS) is 15.2. The fourth-order valence-electron chi connectivity index (χ4n) is 4.43. The fraction of sp³-hybridized carbons (Fsp3) is 0.375. The Morgan fingerprint density at radius 3 is 2.62 bits per heavy atom. The van der Waals surface area contributed by atoms with Gasteiger partial charge in [-0.15, -0.1) is 0 Å². The Morgan fingerprint density at radius 2 is 1.86 bits per heavy atom. The van der Waals surface area contributed by atoms with Crippen LogP contribution in [0.2, 0.25) is 5.02 Å². The van der Waals surface area contributed by atoms with Gasteiger partial charge in [0.2, 0.25) is 0 Å². The van der Waals surface area contributed by atoms with Gasteiger partial charge in [0.25, 0.3) is 0 Å². The molecule has 1 saturated carbocycles. The largest absolute Gasteiger partial charge is 0.350 e. The number of anilines is 1. The van der Waals surface area contributed by atoms with Crippen molar-refractivity contribution >= 4 is 45.5 Å². The van der Waals surface area contributed by atoms with Crippen molar-refractivity contribution in [3.63, 3.8) is 0 Å².